The SMILES string of the molecule is CCOC(=O)CN(c1ccccc1CC)S(=O)(=O)c1ccc(OC)c(F)c1. The van der Waals surface area contributed by atoms with Crippen molar-refractivity contribution in [3.8, 4) is 5.75 Å². The molecule has 0 amide bonds. The van der Waals surface area contributed by atoms with E-state index < -0.39 is 28.4 Å². The summed E-state index contributed by atoms with van der Waals surface area (Å²) in [6.07, 6.45) is 0.558. The number of rotatable bonds is 8. The van der Waals surface area contributed by atoms with Gasteiger partial charge in [0.25, 0.3) is 10.0 Å². The van der Waals surface area contributed by atoms with Crippen LogP contribution >= 0.6 is 0 Å². The Morgan fingerprint density at radius 3 is 2.44 bits per heavy atom. The summed E-state index contributed by atoms with van der Waals surface area (Å²) in [5.41, 5.74) is 1.09. The third kappa shape index (κ3) is 4.57. The van der Waals surface area contributed by atoms with Crippen LogP contribution in [0, 0.1) is 5.82 Å². The summed E-state index contributed by atoms with van der Waals surface area (Å²) in [6, 6.07) is 10.2. The Bertz CT molecular complexity index is 914. The molecule has 0 aliphatic rings. The third-order valence-corrected chi connectivity index (χ3v) is 5.69. The number of hydrogen-bond acceptors (Lipinski definition) is 5. The lowest BCUT2D eigenvalue weighted by molar-refractivity contribution is -0.141. The lowest BCUT2D eigenvalue weighted by Crippen LogP contribution is -2.37. The Morgan fingerprint density at radius 2 is 1.85 bits per heavy atom. The number of carbonyl (C=O) groups is 1. The number of aryl methyl sites for hydroxylation is 1. The molecule has 0 aliphatic heterocycles. The van der Waals surface area contributed by atoms with Crippen LogP contribution < -0.4 is 9.04 Å². The first-order valence-electron chi connectivity index (χ1n) is 8.44. The lowest BCUT2D eigenvalue weighted by atomic mass is 10.1. The van der Waals surface area contributed by atoms with Gasteiger partial charge in [0.2, 0.25) is 0 Å². The maximum atomic E-state index is 14.1. The molecule has 0 heterocycles. The minimum Gasteiger partial charge on any atom is -0.494 e. The van der Waals surface area contributed by atoms with Crippen molar-refractivity contribution in [1.29, 1.82) is 0 Å². The Balaban J connectivity index is 2.57. The first-order chi connectivity index (χ1) is 12.8. The number of benzene rings is 2. The summed E-state index contributed by atoms with van der Waals surface area (Å²) in [5, 5.41) is 0. The number of nitrogens with zero attached hydrogens (tertiary/aromatic N) is 1. The number of ether oxygens (including phenoxy) is 2. The molecule has 0 atom stereocenters. The highest BCUT2D eigenvalue weighted by Crippen LogP contribution is 2.29. The molecule has 2 aromatic rings. The van der Waals surface area contributed by atoms with E-state index in [0.717, 1.165) is 15.9 Å². The maximum Gasteiger partial charge on any atom is 0.326 e. The normalized spacial score (nSPS) is 11.1. The van der Waals surface area contributed by atoms with Crippen LogP contribution in [0.25, 0.3) is 0 Å². The van der Waals surface area contributed by atoms with E-state index in [4.69, 9.17) is 9.47 Å². The van der Waals surface area contributed by atoms with Crippen LogP contribution in [0.2, 0.25) is 0 Å². The zero-order valence-electron chi connectivity index (χ0n) is 15.4. The second-order valence-electron chi connectivity index (χ2n) is 5.60. The number of hydrogen-bond donors (Lipinski definition) is 0. The fourth-order valence-corrected chi connectivity index (χ4v) is 4.07. The van der Waals surface area contributed by atoms with E-state index in [2.05, 4.69) is 0 Å². The smallest absolute Gasteiger partial charge is 0.326 e. The van der Waals surface area contributed by atoms with Gasteiger partial charge in [-0.1, -0.05) is 25.1 Å². The van der Waals surface area contributed by atoms with Gasteiger partial charge in [0.05, 0.1) is 24.3 Å². The zero-order valence-corrected chi connectivity index (χ0v) is 16.3. The van der Waals surface area contributed by atoms with Crippen molar-refractivity contribution >= 4 is 21.7 Å². The number of carbonyl (C=O) groups excluding carboxylic acids is 1. The molecule has 0 fully saturated rings. The van der Waals surface area contributed by atoms with Crippen molar-refractivity contribution in [3.05, 3.63) is 53.8 Å². The van der Waals surface area contributed by atoms with Crippen LogP contribution in [0.1, 0.15) is 19.4 Å². The molecule has 0 spiro atoms. The van der Waals surface area contributed by atoms with E-state index >= 15 is 0 Å². The molecule has 2 rings (SSSR count). The van der Waals surface area contributed by atoms with E-state index in [1.165, 1.54) is 19.2 Å². The first kappa shape index (κ1) is 20.7. The van der Waals surface area contributed by atoms with Crippen molar-refractivity contribution < 1.29 is 27.1 Å². The highest BCUT2D eigenvalue weighted by atomic mass is 32.2. The van der Waals surface area contributed by atoms with Crippen LogP contribution in [0.4, 0.5) is 10.1 Å². The standard InChI is InChI=1S/C19H22FNO5S/c1-4-14-8-6-7-9-17(14)21(13-19(22)26-5-2)27(23,24)15-10-11-18(25-3)16(20)12-15/h6-12H,4-5,13H2,1-3H3. The van der Waals surface area contributed by atoms with E-state index in [1.54, 1.807) is 31.2 Å². The number of halogens is 1. The summed E-state index contributed by atoms with van der Waals surface area (Å²) in [4.78, 5) is 11.8. The van der Waals surface area contributed by atoms with Gasteiger partial charge >= 0.3 is 5.97 Å². The Morgan fingerprint density at radius 1 is 1.15 bits per heavy atom. The number of sulfonamides is 1. The van der Waals surface area contributed by atoms with E-state index in [9.17, 15) is 17.6 Å². The molecule has 0 saturated heterocycles. The van der Waals surface area contributed by atoms with Gasteiger partial charge in [-0.05, 0) is 43.2 Å². The molecule has 0 N–H and O–H groups in total. The monoisotopic (exact) mass is 395 g/mol. The highest BCUT2D eigenvalue weighted by molar-refractivity contribution is 7.92. The van der Waals surface area contributed by atoms with Crippen LogP contribution in [-0.4, -0.2) is 34.6 Å². The van der Waals surface area contributed by atoms with Gasteiger partial charge in [-0.15, -0.1) is 0 Å². The second kappa shape index (κ2) is 8.85. The molecule has 2 aromatic carbocycles. The summed E-state index contributed by atoms with van der Waals surface area (Å²) in [7, 11) is -2.92. The fourth-order valence-electron chi connectivity index (χ4n) is 2.61. The second-order valence-corrected chi connectivity index (χ2v) is 7.46. The molecule has 27 heavy (non-hydrogen) atoms. The molecule has 0 aliphatic carbocycles. The quantitative estimate of drug-likeness (QED) is 0.642. The predicted octanol–water partition coefficient (Wildman–Crippen LogP) is 3.16. The summed E-state index contributed by atoms with van der Waals surface area (Å²) in [5.74, 6) is -1.57. The topological polar surface area (TPSA) is 72.9 Å². The number of para-hydroxylation sites is 1. The van der Waals surface area contributed by atoms with Gasteiger partial charge in [-0.3, -0.25) is 9.10 Å². The minimum atomic E-state index is -4.21. The molecular weight excluding hydrogens is 373 g/mol. The van der Waals surface area contributed by atoms with Gasteiger partial charge in [0, 0.05) is 0 Å². The third-order valence-electron chi connectivity index (χ3n) is 3.93. The van der Waals surface area contributed by atoms with Crippen molar-refractivity contribution in [1.82, 2.24) is 0 Å². The van der Waals surface area contributed by atoms with Crippen molar-refractivity contribution in [2.24, 2.45) is 0 Å². The summed E-state index contributed by atoms with van der Waals surface area (Å²) < 4.78 is 51.2. The first-order valence-corrected chi connectivity index (χ1v) is 9.88. The Kier molecular flexibility index (Phi) is 6.79. The molecule has 0 saturated carbocycles. The van der Waals surface area contributed by atoms with Crippen LogP contribution in [0.3, 0.4) is 0 Å². The number of anilines is 1. The van der Waals surface area contributed by atoms with E-state index in [0.29, 0.717) is 12.1 Å². The van der Waals surface area contributed by atoms with E-state index in [-0.39, 0.29) is 17.3 Å². The molecule has 0 aromatic heterocycles. The number of esters is 1. The van der Waals surface area contributed by atoms with Gasteiger partial charge in [0.1, 0.15) is 6.54 Å². The molecule has 0 unspecified atom stereocenters. The maximum absolute atomic E-state index is 14.1. The van der Waals surface area contributed by atoms with Gasteiger partial charge in [0.15, 0.2) is 11.6 Å². The van der Waals surface area contributed by atoms with Gasteiger partial charge in [-0.2, -0.15) is 0 Å². The summed E-state index contributed by atoms with van der Waals surface area (Å²) in [6.45, 7) is 3.12. The highest BCUT2D eigenvalue weighted by Gasteiger charge is 2.29. The zero-order chi connectivity index (χ0) is 20.0. The van der Waals surface area contributed by atoms with Gasteiger partial charge in [-0.25, -0.2) is 12.8 Å². The van der Waals surface area contributed by atoms with Gasteiger partial charge < -0.3 is 9.47 Å². The molecule has 6 nitrogen and oxygen atoms in total. The average Bonchev–Trinajstić information content (AvgIpc) is 2.66. The molecular formula is C19H22FNO5S. The van der Waals surface area contributed by atoms with Crippen LogP contribution in [0.15, 0.2) is 47.4 Å². The molecule has 8 heteroatoms. The van der Waals surface area contributed by atoms with Crippen LogP contribution in [-0.2, 0) is 26.0 Å². The summed E-state index contributed by atoms with van der Waals surface area (Å²) >= 11 is 0. The lowest BCUT2D eigenvalue weighted by Gasteiger charge is -2.25. The molecule has 0 bridgehead atoms. The van der Waals surface area contributed by atoms with E-state index in [1.807, 2.05) is 6.92 Å². The Hall–Kier alpha value is -2.61. The molecule has 146 valence electrons. The van der Waals surface area contributed by atoms with Crippen molar-refractivity contribution in [2.45, 2.75) is 25.2 Å². The largest absolute Gasteiger partial charge is 0.494 e. The van der Waals surface area contributed by atoms with Crippen molar-refractivity contribution in [2.75, 3.05) is 24.6 Å². The average molecular weight is 395 g/mol. The minimum absolute atomic E-state index is 0.0696. The predicted molar refractivity (Wildman–Crippen MR) is 99.9 cm³/mol. The Labute approximate surface area is 158 Å². The fraction of sp³-hybridized carbons (Fsp3) is 0.316. The number of methoxy groups -OCH3 is 1. The van der Waals surface area contributed by atoms with Crippen LogP contribution in [0.5, 0.6) is 5.75 Å². The van der Waals surface area contributed by atoms with Crippen molar-refractivity contribution in [3.63, 3.8) is 0 Å². The molecule has 0 radical (unpaired) electrons.